The van der Waals surface area contributed by atoms with Crippen LogP contribution in [0.15, 0.2) is 82.2 Å². The van der Waals surface area contributed by atoms with Gasteiger partial charge in [-0.15, -0.1) is 11.8 Å². The molecule has 0 aliphatic carbocycles. The number of rotatable bonds is 7. The molecule has 5 rings (SSSR count). The number of ether oxygens (including phenoxy) is 1. The quantitative estimate of drug-likeness (QED) is 0.368. The molecule has 1 atom stereocenters. The molecule has 33 heavy (non-hydrogen) atoms. The first kappa shape index (κ1) is 21.1. The average Bonchev–Trinajstić information content (AvgIpc) is 3.50. The third kappa shape index (κ3) is 4.44. The van der Waals surface area contributed by atoms with Gasteiger partial charge in [0, 0.05) is 11.1 Å². The molecule has 1 unspecified atom stereocenters. The molecule has 7 nitrogen and oxygen atoms in total. The second-order valence-corrected chi connectivity index (χ2v) is 8.52. The first-order chi connectivity index (χ1) is 16.1. The number of fused-ring (bicyclic) bond motifs is 1. The maximum absolute atomic E-state index is 10.9. The summed E-state index contributed by atoms with van der Waals surface area (Å²) in [7, 11) is 1.66. The summed E-state index contributed by atoms with van der Waals surface area (Å²) >= 11 is 1.19. The van der Waals surface area contributed by atoms with Gasteiger partial charge in [-0.3, -0.25) is 4.79 Å². The summed E-state index contributed by atoms with van der Waals surface area (Å²) in [5, 5.41) is 11.1. The Balaban J connectivity index is 1.55. The Morgan fingerprint density at radius 1 is 1.06 bits per heavy atom. The summed E-state index contributed by atoms with van der Waals surface area (Å²) in [5.74, 6) is 1.73. The average molecular weight is 460 g/mol. The van der Waals surface area contributed by atoms with E-state index in [0.717, 1.165) is 39.0 Å². The van der Waals surface area contributed by atoms with Crippen LogP contribution in [0.5, 0.6) is 5.75 Å². The van der Waals surface area contributed by atoms with Crippen LogP contribution in [0.1, 0.15) is 5.76 Å². The molecule has 0 radical (unpaired) electrons. The summed E-state index contributed by atoms with van der Waals surface area (Å²) in [6.07, 6.45) is 0. The van der Waals surface area contributed by atoms with E-state index in [-0.39, 0.29) is 5.75 Å². The zero-order valence-corrected chi connectivity index (χ0v) is 18.6. The van der Waals surface area contributed by atoms with Gasteiger partial charge in [-0.2, -0.15) is 0 Å². The van der Waals surface area contributed by atoms with Crippen LogP contribution >= 0.6 is 11.8 Å². The highest BCUT2D eigenvalue weighted by Gasteiger charge is 2.24. The van der Waals surface area contributed by atoms with Gasteiger partial charge in [0.25, 0.3) is 0 Å². The van der Waals surface area contributed by atoms with Gasteiger partial charge in [0.1, 0.15) is 11.5 Å². The Morgan fingerprint density at radius 3 is 2.64 bits per heavy atom. The molecule has 0 saturated carbocycles. The number of amidine groups is 1. The van der Waals surface area contributed by atoms with Crippen molar-refractivity contribution < 1.29 is 19.1 Å². The minimum absolute atomic E-state index is 0.0450. The molecule has 0 bridgehead atoms. The molecule has 4 aromatic rings. The maximum Gasteiger partial charge on any atom is 0.313 e. The standard InChI is InChI=1S/C25H21N3O4S/c1-31-19-10-9-16-11-18(8-7-17(16)12-19)23-20(15-5-3-2-4-6-15)13-21(32-23)24-26-25(28-27-24)33-14-22(29)30/h2-13,25,28H,14H2,1H3,(H,26,27)(H,29,30). The van der Waals surface area contributed by atoms with Crippen molar-refractivity contribution in [1.82, 2.24) is 10.9 Å². The number of thioether (sulfide) groups is 1. The highest BCUT2D eigenvalue weighted by atomic mass is 32.2. The normalized spacial score (nSPS) is 15.3. The fourth-order valence-electron chi connectivity index (χ4n) is 3.71. The Hall–Kier alpha value is -3.75. The molecule has 0 fully saturated rings. The first-order valence-electron chi connectivity index (χ1n) is 10.3. The molecule has 3 N–H and O–H groups in total. The zero-order chi connectivity index (χ0) is 22.8. The van der Waals surface area contributed by atoms with Crippen molar-refractivity contribution in [2.75, 3.05) is 12.9 Å². The first-order valence-corrected chi connectivity index (χ1v) is 11.4. The third-order valence-electron chi connectivity index (χ3n) is 5.28. The Kier molecular flexibility index (Phi) is 5.77. The van der Waals surface area contributed by atoms with Crippen LogP contribution in [-0.2, 0) is 4.79 Å². The number of benzene rings is 3. The van der Waals surface area contributed by atoms with E-state index < -0.39 is 11.5 Å². The van der Waals surface area contributed by atoms with E-state index in [1.54, 1.807) is 7.11 Å². The lowest BCUT2D eigenvalue weighted by Crippen LogP contribution is -2.34. The Bertz CT molecular complexity index is 1350. The molecule has 166 valence electrons. The lowest BCUT2D eigenvalue weighted by molar-refractivity contribution is -0.133. The van der Waals surface area contributed by atoms with Gasteiger partial charge in [0.05, 0.1) is 12.9 Å². The van der Waals surface area contributed by atoms with Crippen LogP contribution in [0.3, 0.4) is 0 Å². The highest BCUT2D eigenvalue weighted by molar-refractivity contribution is 8.00. The van der Waals surface area contributed by atoms with E-state index >= 15 is 0 Å². The van der Waals surface area contributed by atoms with E-state index in [2.05, 4.69) is 28.0 Å². The SMILES string of the molecule is COc1ccc2cc(-c3oc(C4=NC(SCC(=O)O)NN4)cc3-c3ccccc3)ccc2c1. The molecule has 0 amide bonds. The van der Waals surface area contributed by atoms with E-state index in [9.17, 15) is 4.79 Å². The summed E-state index contributed by atoms with van der Waals surface area (Å²) in [6, 6.07) is 24.1. The lowest BCUT2D eigenvalue weighted by Gasteiger charge is -2.06. The third-order valence-corrected chi connectivity index (χ3v) is 6.24. The van der Waals surface area contributed by atoms with Crippen molar-refractivity contribution in [2.24, 2.45) is 4.99 Å². The summed E-state index contributed by atoms with van der Waals surface area (Å²) < 4.78 is 11.7. The number of nitrogens with zero attached hydrogens (tertiary/aromatic N) is 1. The Morgan fingerprint density at radius 2 is 1.85 bits per heavy atom. The molecule has 0 spiro atoms. The van der Waals surface area contributed by atoms with Crippen molar-refractivity contribution in [1.29, 1.82) is 0 Å². The maximum atomic E-state index is 10.9. The number of aliphatic imine (C=N–C) groups is 1. The van der Waals surface area contributed by atoms with Crippen LogP contribution in [0.25, 0.3) is 33.2 Å². The van der Waals surface area contributed by atoms with Crippen LogP contribution in [-0.4, -0.2) is 35.3 Å². The van der Waals surface area contributed by atoms with Crippen LogP contribution in [0, 0.1) is 0 Å². The predicted molar refractivity (Wildman–Crippen MR) is 130 cm³/mol. The van der Waals surface area contributed by atoms with Gasteiger partial charge in [-0.1, -0.05) is 48.5 Å². The topological polar surface area (TPSA) is 96.1 Å². The second-order valence-electron chi connectivity index (χ2n) is 7.45. The second kappa shape index (κ2) is 9.01. The van der Waals surface area contributed by atoms with Crippen molar-refractivity contribution in [3.05, 3.63) is 78.6 Å². The van der Waals surface area contributed by atoms with Gasteiger partial charge < -0.3 is 19.7 Å². The number of carboxylic acids is 1. The van der Waals surface area contributed by atoms with Crippen LogP contribution in [0.2, 0.25) is 0 Å². The molecule has 1 aliphatic rings. The number of hydrazine groups is 1. The number of carboxylic acid groups (broad SMARTS) is 1. The largest absolute Gasteiger partial charge is 0.497 e. The number of hydrogen-bond donors (Lipinski definition) is 3. The highest BCUT2D eigenvalue weighted by Crippen LogP contribution is 2.37. The smallest absolute Gasteiger partial charge is 0.313 e. The molecule has 2 heterocycles. The number of hydrogen-bond acceptors (Lipinski definition) is 7. The fraction of sp³-hybridized carbons (Fsp3) is 0.120. The molecule has 1 aromatic heterocycles. The predicted octanol–water partition coefficient (Wildman–Crippen LogP) is 4.73. The van der Waals surface area contributed by atoms with Crippen LogP contribution < -0.4 is 15.6 Å². The minimum atomic E-state index is -0.883. The van der Waals surface area contributed by atoms with Crippen molar-refractivity contribution in [3.63, 3.8) is 0 Å². The molecular weight excluding hydrogens is 438 g/mol. The number of carbonyl (C=O) groups is 1. The summed E-state index contributed by atoms with van der Waals surface area (Å²) in [5.41, 5.74) is 8.51. The van der Waals surface area contributed by atoms with Gasteiger partial charge in [0.15, 0.2) is 17.1 Å². The molecule has 0 saturated heterocycles. The van der Waals surface area contributed by atoms with E-state index in [1.807, 2.05) is 60.7 Å². The van der Waals surface area contributed by atoms with Gasteiger partial charge >= 0.3 is 5.97 Å². The van der Waals surface area contributed by atoms with E-state index in [1.165, 1.54) is 11.8 Å². The lowest BCUT2D eigenvalue weighted by atomic mass is 9.99. The number of nitrogens with one attached hydrogen (secondary N) is 2. The van der Waals surface area contributed by atoms with E-state index in [0.29, 0.717) is 11.6 Å². The summed E-state index contributed by atoms with van der Waals surface area (Å²) in [6.45, 7) is 0. The van der Waals surface area contributed by atoms with Crippen molar-refractivity contribution in [2.45, 2.75) is 5.50 Å². The Labute approximate surface area is 194 Å². The molecule has 8 heteroatoms. The van der Waals surface area contributed by atoms with Gasteiger partial charge in [0.2, 0.25) is 0 Å². The van der Waals surface area contributed by atoms with Crippen LogP contribution in [0.4, 0.5) is 0 Å². The monoisotopic (exact) mass is 459 g/mol. The molecule has 3 aromatic carbocycles. The summed E-state index contributed by atoms with van der Waals surface area (Å²) in [4.78, 5) is 15.4. The van der Waals surface area contributed by atoms with Gasteiger partial charge in [-0.05, 0) is 40.6 Å². The number of methoxy groups -OCH3 is 1. The van der Waals surface area contributed by atoms with E-state index in [4.69, 9.17) is 14.3 Å². The molecular formula is C25H21N3O4S. The minimum Gasteiger partial charge on any atom is -0.497 e. The van der Waals surface area contributed by atoms with Gasteiger partial charge in [-0.25, -0.2) is 10.4 Å². The van der Waals surface area contributed by atoms with Crippen molar-refractivity contribution in [3.8, 4) is 28.2 Å². The fourth-order valence-corrected chi connectivity index (χ4v) is 4.34. The number of furan rings is 1. The molecule has 1 aliphatic heterocycles. The zero-order valence-electron chi connectivity index (χ0n) is 17.7. The van der Waals surface area contributed by atoms with Crippen molar-refractivity contribution >= 4 is 34.3 Å². The number of aliphatic carboxylic acids is 1.